The number of nitrogens with zero attached hydrogens (tertiary/aromatic N) is 5. The quantitative estimate of drug-likeness (QED) is 0.388. The number of aryl methyl sites for hydroxylation is 1. The molecule has 3 rings (SSSR count). The van der Waals surface area contributed by atoms with E-state index in [0.717, 1.165) is 40.9 Å². The number of azo groups is 1. The maximum Gasteiger partial charge on any atom is 0.249 e. The summed E-state index contributed by atoms with van der Waals surface area (Å²) in [5, 5.41) is 13.0. The van der Waals surface area contributed by atoms with Gasteiger partial charge in [0.15, 0.2) is 5.82 Å². The standard InChI is InChI=1S/C22H29N6S/c1-6-18-16(2)12-13-19(20(18)23-14-15-28(3,4)5)25-26-22-24-21(27-29-22)17-10-8-7-9-11-17/h7-13,23H,6,14-15H2,1-5H3/q+1. The van der Waals surface area contributed by atoms with Crippen molar-refractivity contribution in [2.24, 2.45) is 10.2 Å². The monoisotopic (exact) mass is 409 g/mol. The molecule has 0 radical (unpaired) electrons. The average molecular weight is 410 g/mol. The lowest BCUT2D eigenvalue weighted by Crippen LogP contribution is -2.38. The molecule has 152 valence electrons. The van der Waals surface area contributed by atoms with Crippen molar-refractivity contribution >= 4 is 28.0 Å². The Morgan fingerprint density at radius 3 is 2.48 bits per heavy atom. The van der Waals surface area contributed by atoms with Crippen LogP contribution in [0, 0.1) is 6.92 Å². The van der Waals surface area contributed by atoms with Crippen LogP contribution in [0.2, 0.25) is 0 Å². The van der Waals surface area contributed by atoms with Crippen LogP contribution >= 0.6 is 11.5 Å². The van der Waals surface area contributed by atoms with Crippen LogP contribution in [0.3, 0.4) is 0 Å². The van der Waals surface area contributed by atoms with Crippen molar-refractivity contribution in [2.75, 3.05) is 39.5 Å². The molecule has 0 saturated heterocycles. The van der Waals surface area contributed by atoms with Crippen LogP contribution in [0.25, 0.3) is 11.4 Å². The fourth-order valence-corrected chi connectivity index (χ4v) is 3.57. The maximum atomic E-state index is 4.51. The smallest absolute Gasteiger partial charge is 0.249 e. The summed E-state index contributed by atoms with van der Waals surface area (Å²) in [4.78, 5) is 4.50. The lowest BCUT2D eigenvalue weighted by molar-refractivity contribution is -0.868. The Labute approximate surface area is 177 Å². The summed E-state index contributed by atoms with van der Waals surface area (Å²) in [5.41, 5.74) is 5.44. The summed E-state index contributed by atoms with van der Waals surface area (Å²) < 4.78 is 5.31. The van der Waals surface area contributed by atoms with E-state index in [0.29, 0.717) is 11.0 Å². The summed E-state index contributed by atoms with van der Waals surface area (Å²) >= 11 is 1.26. The fraction of sp³-hybridized carbons (Fsp3) is 0.364. The van der Waals surface area contributed by atoms with Crippen LogP contribution in [0.15, 0.2) is 52.7 Å². The molecule has 7 heteroatoms. The van der Waals surface area contributed by atoms with Crippen molar-refractivity contribution in [3.8, 4) is 11.4 Å². The molecule has 0 fully saturated rings. The molecule has 0 unspecified atom stereocenters. The molecule has 6 nitrogen and oxygen atoms in total. The Bertz CT molecular complexity index is 973. The first-order valence-electron chi connectivity index (χ1n) is 9.85. The van der Waals surface area contributed by atoms with Crippen molar-refractivity contribution in [3.05, 3.63) is 53.6 Å². The van der Waals surface area contributed by atoms with E-state index in [1.165, 1.54) is 22.7 Å². The van der Waals surface area contributed by atoms with Gasteiger partial charge >= 0.3 is 0 Å². The number of likely N-dealkylation sites (N-methyl/N-ethyl adjacent to an activating group) is 1. The van der Waals surface area contributed by atoms with Crippen molar-refractivity contribution in [1.82, 2.24) is 9.36 Å². The third kappa shape index (κ3) is 5.68. The Morgan fingerprint density at radius 2 is 1.79 bits per heavy atom. The van der Waals surface area contributed by atoms with Gasteiger partial charge < -0.3 is 9.80 Å². The summed E-state index contributed by atoms with van der Waals surface area (Å²) in [5.74, 6) is 0.684. The van der Waals surface area contributed by atoms with Crippen molar-refractivity contribution < 1.29 is 4.48 Å². The van der Waals surface area contributed by atoms with Gasteiger partial charge in [-0.05, 0) is 30.5 Å². The number of anilines is 1. The van der Waals surface area contributed by atoms with Gasteiger partial charge in [0.05, 0.1) is 39.9 Å². The highest BCUT2D eigenvalue weighted by molar-refractivity contribution is 7.09. The lowest BCUT2D eigenvalue weighted by Gasteiger charge is -2.25. The first kappa shape index (κ1) is 21.1. The number of aromatic nitrogens is 2. The summed E-state index contributed by atoms with van der Waals surface area (Å²) in [6.07, 6.45) is 0.943. The van der Waals surface area contributed by atoms with E-state index in [1.54, 1.807) is 0 Å². The first-order chi connectivity index (χ1) is 13.9. The predicted molar refractivity (Wildman–Crippen MR) is 121 cm³/mol. The van der Waals surface area contributed by atoms with Crippen LogP contribution < -0.4 is 5.32 Å². The summed E-state index contributed by atoms with van der Waals surface area (Å²) in [7, 11) is 6.58. The predicted octanol–water partition coefficient (Wildman–Crippen LogP) is 5.61. The van der Waals surface area contributed by atoms with E-state index in [4.69, 9.17) is 0 Å². The van der Waals surface area contributed by atoms with E-state index in [-0.39, 0.29) is 0 Å². The van der Waals surface area contributed by atoms with Crippen LogP contribution in [0.4, 0.5) is 16.5 Å². The second-order valence-electron chi connectivity index (χ2n) is 8.02. The van der Waals surface area contributed by atoms with Crippen LogP contribution in [-0.4, -0.2) is 48.1 Å². The number of rotatable bonds is 8. The van der Waals surface area contributed by atoms with Gasteiger partial charge in [0.25, 0.3) is 0 Å². The highest BCUT2D eigenvalue weighted by Gasteiger charge is 2.13. The van der Waals surface area contributed by atoms with E-state index < -0.39 is 0 Å². The van der Waals surface area contributed by atoms with Gasteiger partial charge in [-0.2, -0.15) is 9.36 Å². The van der Waals surface area contributed by atoms with Crippen LogP contribution in [-0.2, 0) is 6.42 Å². The van der Waals surface area contributed by atoms with Gasteiger partial charge in [-0.1, -0.05) is 43.3 Å². The van der Waals surface area contributed by atoms with Crippen molar-refractivity contribution in [1.29, 1.82) is 0 Å². The topological polar surface area (TPSA) is 62.5 Å². The molecule has 1 N–H and O–H groups in total. The Morgan fingerprint density at radius 1 is 1.03 bits per heavy atom. The molecule has 0 aliphatic heterocycles. The summed E-state index contributed by atoms with van der Waals surface area (Å²) in [6, 6.07) is 14.0. The van der Waals surface area contributed by atoms with Crippen molar-refractivity contribution in [2.45, 2.75) is 20.3 Å². The molecule has 3 aromatic rings. The van der Waals surface area contributed by atoms with Gasteiger partial charge in [0, 0.05) is 17.1 Å². The minimum Gasteiger partial charge on any atom is -0.377 e. The Balaban J connectivity index is 1.83. The fourth-order valence-electron chi connectivity index (χ4n) is 3.05. The largest absolute Gasteiger partial charge is 0.377 e. The van der Waals surface area contributed by atoms with Gasteiger partial charge in [-0.3, -0.25) is 0 Å². The summed E-state index contributed by atoms with van der Waals surface area (Å²) in [6.45, 7) is 6.21. The maximum absolute atomic E-state index is 4.51. The molecule has 0 atom stereocenters. The minimum absolute atomic E-state index is 0.555. The molecule has 0 amide bonds. The Hall–Kier alpha value is -2.64. The molecule has 1 heterocycles. The molecule has 0 saturated carbocycles. The van der Waals surface area contributed by atoms with E-state index in [9.17, 15) is 0 Å². The lowest BCUT2D eigenvalue weighted by atomic mass is 10.0. The zero-order valence-electron chi connectivity index (χ0n) is 17.8. The zero-order valence-corrected chi connectivity index (χ0v) is 18.6. The molecule has 0 spiro atoms. The third-order valence-corrected chi connectivity index (χ3v) is 5.25. The van der Waals surface area contributed by atoms with E-state index in [2.05, 4.69) is 66.0 Å². The molecule has 0 aliphatic rings. The SMILES string of the molecule is CCc1c(C)ccc(N=Nc2nc(-c3ccccc3)ns2)c1NCC[N+](C)(C)C. The van der Waals surface area contributed by atoms with Crippen molar-refractivity contribution in [3.63, 3.8) is 0 Å². The number of benzene rings is 2. The van der Waals surface area contributed by atoms with Crippen LogP contribution in [0.5, 0.6) is 0 Å². The number of hydrogen-bond donors (Lipinski definition) is 1. The van der Waals surface area contributed by atoms with Gasteiger partial charge in [-0.25, -0.2) is 0 Å². The Kier molecular flexibility index (Phi) is 6.71. The highest BCUT2D eigenvalue weighted by Crippen LogP contribution is 2.33. The third-order valence-electron chi connectivity index (χ3n) is 4.65. The van der Waals surface area contributed by atoms with E-state index in [1.807, 2.05) is 36.4 Å². The number of nitrogens with one attached hydrogen (secondary N) is 1. The van der Waals surface area contributed by atoms with Gasteiger partial charge in [-0.15, -0.1) is 10.2 Å². The minimum atomic E-state index is 0.555. The second-order valence-corrected chi connectivity index (χ2v) is 8.75. The zero-order chi connectivity index (χ0) is 20.9. The first-order valence-corrected chi connectivity index (χ1v) is 10.6. The number of hydrogen-bond acceptors (Lipinski definition) is 6. The van der Waals surface area contributed by atoms with Gasteiger partial charge in [0.1, 0.15) is 5.69 Å². The van der Waals surface area contributed by atoms with E-state index >= 15 is 0 Å². The molecule has 0 aliphatic carbocycles. The molecule has 1 aromatic heterocycles. The normalized spacial score (nSPS) is 11.9. The molecule has 29 heavy (non-hydrogen) atoms. The molecule has 0 bridgehead atoms. The molecular formula is C22H29N6S+. The average Bonchev–Trinajstić information content (AvgIpc) is 3.16. The molecule has 2 aromatic carbocycles. The molecular weight excluding hydrogens is 380 g/mol. The van der Waals surface area contributed by atoms with Crippen LogP contribution in [0.1, 0.15) is 18.1 Å². The number of quaternary nitrogens is 1. The second kappa shape index (κ2) is 9.24. The highest BCUT2D eigenvalue weighted by atomic mass is 32.1. The van der Waals surface area contributed by atoms with Gasteiger partial charge in [0.2, 0.25) is 5.13 Å².